The van der Waals surface area contributed by atoms with Gasteiger partial charge in [-0.2, -0.15) is 0 Å². The molecule has 0 unspecified atom stereocenters. The maximum Gasteiger partial charge on any atom is 0.0510 e. The van der Waals surface area contributed by atoms with Gasteiger partial charge in [0, 0.05) is 30.1 Å². The summed E-state index contributed by atoms with van der Waals surface area (Å²) >= 11 is 3.67. The molecule has 0 heterocycles. The Morgan fingerprint density at radius 2 is 2.12 bits per heavy atom. The SMILES string of the molecule is CC(C)N(C)c1ccc(CNC2CC2)cc1Br. The summed E-state index contributed by atoms with van der Waals surface area (Å²) in [6.45, 7) is 5.39. The van der Waals surface area contributed by atoms with Gasteiger partial charge in [-0.15, -0.1) is 0 Å². The lowest BCUT2D eigenvalue weighted by Gasteiger charge is -2.25. The van der Waals surface area contributed by atoms with Gasteiger partial charge in [0.15, 0.2) is 0 Å². The molecule has 1 aromatic rings. The van der Waals surface area contributed by atoms with Crippen LogP contribution in [-0.4, -0.2) is 19.1 Å². The number of benzene rings is 1. The second-order valence-electron chi connectivity index (χ2n) is 5.15. The van der Waals surface area contributed by atoms with E-state index >= 15 is 0 Å². The van der Waals surface area contributed by atoms with Crippen LogP contribution in [-0.2, 0) is 6.54 Å². The van der Waals surface area contributed by atoms with E-state index < -0.39 is 0 Å². The van der Waals surface area contributed by atoms with Crippen LogP contribution in [0.1, 0.15) is 32.3 Å². The molecule has 3 heteroatoms. The first-order valence-electron chi connectivity index (χ1n) is 6.32. The molecule has 2 rings (SSSR count). The molecule has 1 aliphatic carbocycles. The van der Waals surface area contributed by atoms with Crippen LogP contribution >= 0.6 is 15.9 Å². The fraction of sp³-hybridized carbons (Fsp3) is 0.571. The van der Waals surface area contributed by atoms with Crippen LogP contribution in [0.25, 0.3) is 0 Å². The Bertz CT molecular complexity index is 386. The Kier molecular flexibility index (Phi) is 4.10. The average molecular weight is 297 g/mol. The average Bonchev–Trinajstić information content (AvgIpc) is 3.09. The Labute approximate surface area is 113 Å². The summed E-state index contributed by atoms with van der Waals surface area (Å²) in [6.07, 6.45) is 2.69. The monoisotopic (exact) mass is 296 g/mol. The summed E-state index contributed by atoms with van der Waals surface area (Å²) < 4.78 is 1.18. The maximum absolute atomic E-state index is 3.67. The van der Waals surface area contributed by atoms with Crippen LogP contribution in [0.15, 0.2) is 22.7 Å². The quantitative estimate of drug-likeness (QED) is 0.894. The first-order valence-corrected chi connectivity index (χ1v) is 7.12. The van der Waals surface area contributed by atoms with Crippen molar-refractivity contribution < 1.29 is 0 Å². The van der Waals surface area contributed by atoms with Crippen molar-refractivity contribution in [3.63, 3.8) is 0 Å². The highest BCUT2D eigenvalue weighted by Crippen LogP contribution is 2.28. The largest absolute Gasteiger partial charge is 0.371 e. The summed E-state index contributed by atoms with van der Waals surface area (Å²) in [4.78, 5) is 2.28. The van der Waals surface area contributed by atoms with E-state index in [1.54, 1.807) is 0 Å². The lowest BCUT2D eigenvalue weighted by atomic mass is 10.2. The molecular weight excluding hydrogens is 276 g/mol. The van der Waals surface area contributed by atoms with Gasteiger partial charge in [-0.1, -0.05) is 6.07 Å². The van der Waals surface area contributed by atoms with Crippen LogP contribution < -0.4 is 10.2 Å². The summed E-state index contributed by atoms with van der Waals surface area (Å²) in [7, 11) is 2.13. The molecule has 0 amide bonds. The van der Waals surface area contributed by atoms with Gasteiger partial charge in [0.2, 0.25) is 0 Å². The molecule has 2 nitrogen and oxygen atoms in total. The number of nitrogens with zero attached hydrogens (tertiary/aromatic N) is 1. The predicted octanol–water partition coefficient (Wildman–Crippen LogP) is 3.55. The maximum atomic E-state index is 3.67. The van der Waals surface area contributed by atoms with E-state index in [2.05, 4.69) is 65.2 Å². The topological polar surface area (TPSA) is 15.3 Å². The molecule has 1 N–H and O–H groups in total. The number of hydrogen-bond acceptors (Lipinski definition) is 2. The van der Waals surface area contributed by atoms with E-state index in [9.17, 15) is 0 Å². The zero-order valence-corrected chi connectivity index (χ0v) is 12.4. The van der Waals surface area contributed by atoms with Crippen LogP contribution in [0.3, 0.4) is 0 Å². The molecule has 0 spiro atoms. The standard InChI is InChI=1S/C14H21BrN2/c1-10(2)17(3)14-7-4-11(8-13(14)15)9-16-12-5-6-12/h4,7-8,10,12,16H,5-6,9H2,1-3H3. The van der Waals surface area contributed by atoms with Crippen molar-refractivity contribution >= 4 is 21.6 Å². The van der Waals surface area contributed by atoms with Gasteiger partial charge in [0.1, 0.15) is 0 Å². The van der Waals surface area contributed by atoms with Crippen molar-refractivity contribution in [2.45, 2.75) is 45.3 Å². The molecule has 0 aliphatic heterocycles. The Morgan fingerprint density at radius 1 is 1.41 bits per heavy atom. The number of anilines is 1. The third-order valence-corrected chi connectivity index (χ3v) is 3.97. The highest BCUT2D eigenvalue weighted by molar-refractivity contribution is 9.10. The molecule has 0 bridgehead atoms. The molecule has 1 aliphatic rings. The lowest BCUT2D eigenvalue weighted by Crippen LogP contribution is -2.26. The normalized spacial score (nSPS) is 15.4. The van der Waals surface area contributed by atoms with Gasteiger partial charge in [-0.3, -0.25) is 0 Å². The minimum Gasteiger partial charge on any atom is -0.371 e. The van der Waals surface area contributed by atoms with E-state index in [1.165, 1.54) is 28.6 Å². The zero-order valence-electron chi connectivity index (χ0n) is 10.8. The van der Waals surface area contributed by atoms with Crippen molar-refractivity contribution in [1.29, 1.82) is 0 Å². The smallest absolute Gasteiger partial charge is 0.0510 e. The Hall–Kier alpha value is -0.540. The van der Waals surface area contributed by atoms with Gasteiger partial charge in [0.05, 0.1) is 5.69 Å². The fourth-order valence-corrected chi connectivity index (χ4v) is 2.48. The van der Waals surface area contributed by atoms with Gasteiger partial charge in [-0.05, 0) is 60.3 Å². The Balaban J connectivity index is 2.04. The van der Waals surface area contributed by atoms with Crippen molar-refractivity contribution in [3.8, 4) is 0 Å². The summed E-state index contributed by atoms with van der Waals surface area (Å²) in [6, 6.07) is 7.93. The molecule has 1 saturated carbocycles. The van der Waals surface area contributed by atoms with E-state index in [0.717, 1.165) is 12.6 Å². The molecule has 0 saturated heterocycles. The Morgan fingerprint density at radius 3 is 2.65 bits per heavy atom. The molecule has 1 fully saturated rings. The van der Waals surface area contributed by atoms with E-state index in [1.807, 2.05) is 0 Å². The zero-order chi connectivity index (χ0) is 12.4. The van der Waals surface area contributed by atoms with Crippen LogP contribution in [0.5, 0.6) is 0 Å². The van der Waals surface area contributed by atoms with Crippen molar-refractivity contribution in [3.05, 3.63) is 28.2 Å². The molecule has 0 radical (unpaired) electrons. The summed E-state index contributed by atoms with van der Waals surface area (Å²) in [5.41, 5.74) is 2.61. The lowest BCUT2D eigenvalue weighted by molar-refractivity contribution is 0.687. The van der Waals surface area contributed by atoms with Gasteiger partial charge in [-0.25, -0.2) is 0 Å². The van der Waals surface area contributed by atoms with Crippen LogP contribution in [0.4, 0.5) is 5.69 Å². The van der Waals surface area contributed by atoms with E-state index in [-0.39, 0.29) is 0 Å². The minimum absolute atomic E-state index is 0.515. The fourth-order valence-electron chi connectivity index (χ4n) is 1.77. The first kappa shape index (κ1) is 12.9. The highest BCUT2D eigenvalue weighted by Gasteiger charge is 2.20. The minimum atomic E-state index is 0.515. The van der Waals surface area contributed by atoms with Gasteiger partial charge >= 0.3 is 0 Å². The summed E-state index contributed by atoms with van der Waals surface area (Å²) in [5, 5.41) is 3.54. The van der Waals surface area contributed by atoms with Crippen LogP contribution in [0.2, 0.25) is 0 Å². The number of nitrogens with one attached hydrogen (secondary N) is 1. The van der Waals surface area contributed by atoms with Crippen molar-refractivity contribution in [2.75, 3.05) is 11.9 Å². The number of halogens is 1. The second-order valence-corrected chi connectivity index (χ2v) is 6.00. The third kappa shape index (κ3) is 3.46. The predicted molar refractivity (Wildman–Crippen MR) is 77.5 cm³/mol. The summed E-state index contributed by atoms with van der Waals surface area (Å²) in [5.74, 6) is 0. The first-order chi connectivity index (χ1) is 8.08. The van der Waals surface area contributed by atoms with E-state index in [4.69, 9.17) is 0 Å². The molecule has 1 aromatic carbocycles. The number of rotatable bonds is 5. The van der Waals surface area contributed by atoms with Gasteiger partial charge < -0.3 is 10.2 Å². The molecular formula is C14H21BrN2. The molecule has 0 atom stereocenters. The molecule has 17 heavy (non-hydrogen) atoms. The third-order valence-electron chi connectivity index (χ3n) is 3.34. The van der Waals surface area contributed by atoms with Crippen LogP contribution in [0, 0.1) is 0 Å². The van der Waals surface area contributed by atoms with E-state index in [0.29, 0.717) is 6.04 Å². The molecule has 0 aromatic heterocycles. The van der Waals surface area contributed by atoms with Crippen molar-refractivity contribution in [1.82, 2.24) is 5.32 Å². The van der Waals surface area contributed by atoms with Crippen molar-refractivity contribution in [2.24, 2.45) is 0 Å². The number of hydrogen-bond donors (Lipinski definition) is 1. The highest BCUT2D eigenvalue weighted by atomic mass is 79.9. The second kappa shape index (κ2) is 5.40. The van der Waals surface area contributed by atoms with Gasteiger partial charge in [0.25, 0.3) is 0 Å². The molecule has 94 valence electrons.